The maximum absolute atomic E-state index is 11.7. The number of benzene rings is 2. The fourth-order valence-corrected chi connectivity index (χ4v) is 4.26. The maximum Gasteiger partial charge on any atom is 0.293 e. The number of hydrogen-bond acceptors (Lipinski definition) is 12. The van der Waals surface area contributed by atoms with Gasteiger partial charge in [0.25, 0.3) is 5.69 Å². The predicted octanol–water partition coefficient (Wildman–Crippen LogP) is 3.30. The van der Waals surface area contributed by atoms with Crippen LogP contribution in [0.15, 0.2) is 47.6 Å². The van der Waals surface area contributed by atoms with Gasteiger partial charge in [0.05, 0.1) is 37.6 Å². The highest BCUT2D eigenvalue weighted by atomic mass is 35.5. The van der Waals surface area contributed by atoms with E-state index in [1.165, 1.54) is 12.3 Å². The molecule has 0 radical (unpaired) electrons. The van der Waals surface area contributed by atoms with Crippen molar-refractivity contribution in [2.45, 2.75) is 0 Å². The molecule has 0 saturated carbocycles. The van der Waals surface area contributed by atoms with E-state index >= 15 is 0 Å². The lowest BCUT2D eigenvalue weighted by molar-refractivity contribution is -0.384. The summed E-state index contributed by atoms with van der Waals surface area (Å²) in [5, 5.41) is 19.7. The molecule has 0 unspecified atom stereocenters. The van der Waals surface area contributed by atoms with Crippen molar-refractivity contribution in [3.05, 3.63) is 63.2 Å². The number of nitro groups is 1. The Balaban J connectivity index is 1.36. The first-order valence-electron chi connectivity index (χ1n) is 12.1. The second-order valence-electron chi connectivity index (χ2n) is 8.49. The third kappa shape index (κ3) is 6.43. The van der Waals surface area contributed by atoms with Crippen molar-refractivity contribution < 1.29 is 14.4 Å². The van der Waals surface area contributed by atoms with Crippen molar-refractivity contribution in [3.63, 3.8) is 0 Å². The topological polar surface area (TPSA) is 143 Å². The third-order valence-electron chi connectivity index (χ3n) is 5.92. The summed E-state index contributed by atoms with van der Waals surface area (Å²) in [4.78, 5) is 28.8. The van der Waals surface area contributed by atoms with Gasteiger partial charge in [-0.15, -0.1) is 0 Å². The Bertz CT molecular complexity index is 1310. The van der Waals surface area contributed by atoms with Crippen LogP contribution in [0.1, 0.15) is 5.56 Å². The van der Waals surface area contributed by atoms with Crippen molar-refractivity contribution in [2.24, 2.45) is 5.10 Å². The number of rotatable bonds is 8. The first-order chi connectivity index (χ1) is 18.5. The molecule has 2 aromatic carbocycles. The molecule has 1 aromatic heterocycles. The summed E-state index contributed by atoms with van der Waals surface area (Å²) in [6.07, 6.45) is 1.48. The number of halogens is 1. The number of nitrogens with one attached hydrogen (secondary N) is 2. The molecule has 3 heterocycles. The standard InChI is InChI=1S/C24H26ClN9O4/c25-18-2-1-3-19(15-18)27-22-28-23(30-24(29-22)33-8-12-38-13-9-33)31-26-16-17-4-5-20(21(14-17)34(35)36)32-6-10-37-11-7-32/h1-5,14-16H,6-13H2,(H2,27,28,29,30,31)/b26-16+. The van der Waals surface area contributed by atoms with E-state index in [9.17, 15) is 10.1 Å². The van der Waals surface area contributed by atoms with E-state index in [-0.39, 0.29) is 16.6 Å². The van der Waals surface area contributed by atoms with Gasteiger partial charge in [-0.3, -0.25) is 10.1 Å². The van der Waals surface area contributed by atoms with E-state index in [0.29, 0.717) is 80.8 Å². The molecule has 2 aliphatic rings. The maximum atomic E-state index is 11.7. The molecule has 0 spiro atoms. The average Bonchev–Trinajstić information content (AvgIpc) is 2.94. The van der Waals surface area contributed by atoms with Gasteiger partial charge in [-0.2, -0.15) is 20.1 Å². The molecule has 2 saturated heterocycles. The van der Waals surface area contributed by atoms with Gasteiger partial charge in [-0.05, 0) is 24.3 Å². The van der Waals surface area contributed by atoms with Crippen LogP contribution >= 0.6 is 11.6 Å². The minimum atomic E-state index is -0.385. The smallest absolute Gasteiger partial charge is 0.293 e. The first-order valence-corrected chi connectivity index (χ1v) is 12.4. The monoisotopic (exact) mass is 539 g/mol. The van der Waals surface area contributed by atoms with Crippen molar-refractivity contribution in [3.8, 4) is 0 Å². The Kier molecular flexibility index (Phi) is 8.06. The molecular formula is C24H26ClN9O4. The normalized spacial score (nSPS) is 16.0. The molecule has 3 aromatic rings. The van der Waals surface area contributed by atoms with Crippen LogP contribution in [-0.2, 0) is 9.47 Å². The van der Waals surface area contributed by atoms with Gasteiger partial charge in [0, 0.05) is 48.5 Å². The number of anilines is 5. The van der Waals surface area contributed by atoms with Crippen molar-refractivity contribution in [1.29, 1.82) is 0 Å². The summed E-state index contributed by atoms with van der Waals surface area (Å²) < 4.78 is 10.8. The molecule has 2 N–H and O–H groups in total. The molecule has 0 bridgehead atoms. The summed E-state index contributed by atoms with van der Waals surface area (Å²) in [5.74, 6) is 0.990. The van der Waals surface area contributed by atoms with Gasteiger partial charge in [0.15, 0.2) is 0 Å². The largest absolute Gasteiger partial charge is 0.378 e. The van der Waals surface area contributed by atoms with Crippen LogP contribution in [0.2, 0.25) is 5.02 Å². The summed E-state index contributed by atoms with van der Waals surface area (Å²) >= 11 is 6.11. The number of nitrogens with zero attached hydrogens (tertiary/aromatic N) is 7. The van der Waals surface area contributed by atoms with Crippen molar-refractivity contribution in [1.82, 2.24) is 15.0 Å². The molecule has 5 rings (SSSR count). The zero-order valence-electron chi connectivity index (χ0n) is 20.4. The van der Waals surface area contributed by atoms with Gasteiger partial charge in [0.2, 0.25) is 17.8 Å². The minimum absolute atomic E-state index is 0.0126. The fraction of sp³-hybridized carbons (Fsp3) is 0.333. The number of ether oxygens (including phenoxy) is 2. The quantitative estimate of drug-likeness (QED) is 0.247. The molecule has 38 heavy (non-hydrogen) atoms. The highest BCUT2D eigenvalue weighted by Crippen LogP contribution is 2.29. The Morgan fingerprint density at radius 3 is 2.37 bits per heavy atom. The zero-order chi connectivity index (χ0) is 26.3. The second kappa shape index (κ2) is 12.0. The highest BCUT2D eigenvalue weighted by Gasteiger charge is 2.22. The Morgan fingerprint density at radius 2 is 1.66 bits per heavy atom. The Labute approximate surface area is 223 Å². The molecule has 13 nitrogen and oxygen atoms in total. The van der Waals surface area contributed by atoms with Gasteiger partial charge < -0.3 is 24.6 Å². The summed E-state index contributed by atoms with van der Waals surface area (Å²) in [6, 6.07) is 12.2. The molecule has 198 valence electrons. The third-order valence-corrected chi connectivity index (χ3v) is 6.16. The summed E-state index contributed by atoms with van der Waals surface area (Å²) in [7, 11) is 0. The van der Waals surface area contributed by atoms with Gasteiger partial charge >= 0.3 is 0 Å². The van der Waals surface area contributed by atoms with Crippen LogP contribution in [0.25, 0.3) is 0 Å². The minimum Gasteiger partial charge on any atom is -0.378 e. The highest BCUT2D eigenvalue weighted by molar-refractivity contribution is 6.30. The van der Waals surface area contributed by atoms with Crippen LogP contribution < -0.4 is 20.5 Å². The zero-order valence-corrected chi connectivity index (χ0v) is 21.2. The Morgan fingerprint density at radius 1 is 0.947 bits per heavy atom. The molecule has 2 aliphatic heterocycles. The van der Waals surface area contributed by atoms with Gasteiger partial charge in [0.1, 0.15) is 5.69 Å². The Hall–Kier alpha value is -4.07. The number of hydrogen-bond donors (Lipinski definition) is 2. The predicted molar refractivity (Wildman–Crippen MR) is 145 cm³/mol. The SMILES string of the molecule is O=[N+]([O-])c1cc(/C=N/Nc2nc(Nc3cccc(Cl)c3)nc(N3CCOCC3)n2)ccc1N1CCOCC1. The number of morpholine rings is 2. The second-order valence-corrected chi connectivity index (χ2v) is 8.93. The van der Waals surface area contributed by atoms with Crippen LogP contribution in [0.4, 0.5) is 34.9 Å². The number of hydrazone groups is 1. The summed E-state index contributed by atoms with van der Waals surface area (Å²) in [6.45, 7) is 4.71. The van der Waals surface area contributed by atoms with E-state index in [4.69, 9.17) is 21.1 Å². The van der Waals surface area contributed by atoms with E-state index in [0.717, 1.165) is 5.69 Å². The summed E-state index contributed by atoms with van der Waals surface area (Å²) in [5.41, 5.74) is 4.68. The lowest BCUT2D eigenvalue weighted by Gasteiger charge is -2.28. The lowest BCUT2D eigenvalue weighted by atomic mass is 10.1. The number of aromatic nitrogens is 3. The van der Waals surface area contributed by atoms with Crippen LogP contribution in [0.3, 0.4) is 0 Å². The molecular weight excluding hydrogens is 514 g/mol. The van der Waals surface area contributed by atoms with Crippen LogP contribution in [0, 0.1) is 10.1 Å². The molecule has 0 aliphatic carbocycles. The van der Waals surface area contributed by atoms with Crippen LogP contribution in [0.5, 0.6) is 0 Å². The van der Waals surface area contributed by atoms with Crippen LogP contribution in [-0.4, -0.2) is 78.7 Å². The lowest BCUT2D eigenvalue weighted by Crippen LogP contribution is -2.37. The average molecular weight is 540 g/mol. The van der Waals surface area contributed by atoms with Crippen molar-refractivity contribution in [2.75, 3.05) is 73.1 Å². The van der Waals surface area contributed by atoms with E-state index in [1.807, 2.05) is 21.9 Å². The van der Waals surface area contributed by atoms with E-state index < -0.39 is 0 Å². The van der Waals surface area contributed by atoms with Gasteiger partial charge in [-0.1, -0.05) is 23.7 Å². The van der Waals surface area contributed by atoms with Gasteiger partial charge in [-0.25, -0.2) is 5.43 Å². The fourth-order valence-electron chi connectivity index (χ4n) is 4.07. The van der Waals surface area contributed by atoms with Crippen molar-refractivity contribution >= 4 is 52.7 Å². The molecule has 0 atom stereocenters. The van der Waals surface area contributed by atoms with E-state index in [2.05, 4.69) is 30.8 Å². The molecule has 14 heteroatoms. The number of nitro benzene ring substituents is 1. The first kappa shape index (κ1) is 25.6. The van der Waals surface area contributed by atoms with E-state index in [1.54, 1.807) is 24.3 Å². The molecule has 0 amide bonds. The molecule has 2 fully saturated rings.